The Bertz CT molecular complexity index is 542. The summed E-state index contributed by atoms with van der Waals surface area (Å²) in [6.07, 6.45) is 0.873. The first kappa shape index (κ1) is 16.4. The highest BCUT2D eigenvalue weighted by Gasteiger charge is 2.25. The highest BCUT2D eigenvalue weighted by molar-refractivity contribution is 5.66. The van der Waals surface area contributed by atoms with E-state index in [0.29, 0.717) is 5.76 Å². The second kappa shape index (κ2) is 6.42. The summed E-state index contributed by atoms with van der Waals surface area (Å²) in [5.74, 6) is 0.469. The van der Waals surface area contributed by atoms with Crippen molar-refractivity contribution < 1.29 is 14.3 Å². The van der Waals surface area contributed by atoms with Gasteiger partial charge in [0.15, 0.2) is 0 Å². The molecule has 120 valence electrons. The molecule has 0 spiro atoms. The van der Waals surface area contributed by atoms with Crippen LogP contribution in [0.2, 0.25) is 0 Å². The van der Waals surface area contributed by atoms with Gasteiger partial charge in [-0.3, -0.25) is 4.79 Å². The summed E-state index contributed by atoms with van der Waals surface area (Å²) in [6.45, 7) is 13.1. The van der Waals surface area contributed by atoms with E-state index < -0.39 is 0 Å². The van der Waals surface area contributed by atoms with Gasteiger partial charge in [0, 0.05) is 31.1 Å². The third-order valence-corrected chi connectivity index (χ3v) is 3.46. The van der Waals surface area contributed by atoms with E-state index in [4.69, 9.17) is 9.47 Å². The van der Waals surface area contributed by atoms with Crippen LogP contribution in [0, 0.1) is 0 Å². The smallest absolute Gasteiger partial charge is 0.302 e. The fraction of sp³-hybridized carbons (Fsp3) is 0.500. The van der Waals surface area contributed by atoms with Crippen LogP contribution in [0.4, 0.5) is 5.69 Å². The SMILES string of the molecule is C=C(OC(C)(C)C)c1ccc(N2CC[C@H](OC(C)=O)C2)cc1. The van der Waals surface area contributed by atoms with Gasteiger partial charge in [-0.15, -0.1) is 0 Å². The molecule has 0 N–H and O–H groups in total. The Morgan fingerprint density at radius 2 is 1.91 bits per heavy atom. The van der Waals surface area contributed by atoms with Gasteiger partial charge in [-0.2, -0.15) is 0 Å². The third-order valence-electron chi connectivity index (χ3n) is 3.46. The lowest BCUT2D eigenvalue weighted by Gasteiger charge is -2.23. The van der Waals surface area contributed by atoms with Crippen molar-refractivity contribution in [2.75, 3.05) is 18.0 Å². The molecular weight excluding hydrogens is 278 g/mol. The average molecular weight is 303 g/mol. The van der Waals surface area contributed by atoms with Crippen molar-refractivity contribution in [2.45, 2.75) is 45.8 Å². The van der Waals surface area contributed by atoms with Crippen molar-refractivity contribution in [1.29, 1.82) is 0 Å². The lowest BCUT2D eigenvalue weighted by atomic mass is 10.1. The Labute approximate surface area is 132 Å². The van der Waals surface area contributed by atoms with Gasteiger partial charge < -0.3 is 14.4 Å². The fourth-order valence-corrected chi connectivity index (χ4v) is 2.58. The van der Waals surface area contributed by atoms with Gasteiger partial charge in [0.05, 0.1) is 6.54 Å². The maximum absolute atomic E-state index is 11.0. The number of benzene rings is 1. The van der Waals surface area contributed by atoms with Gasteiger partial charge in [0.25, 0.3) is 0 Å². The molecule has 2 rings (SSSR count). The molecular formula is C18H25NO3. The zero-order valence-corrected chi connectivity index (χ0v) is 13.9. The number of rotatable bonds is 4. The molecule has 0 amide bonds. The summed E-state index contributed by atoms with van der Waals surface area (Å²) in [5, 5.41) is 0. The maximum Gasteiger partial charge on any atom is 0.302 e. The minimum absolute atomic E-state index is 0.00337. The van der Waals surface area contributed by atoms with E-state index in [-0.39, 0.29) is 17.7 Å². The molecule has 1 fully saturated rings. The molecule has 1 atom stereocenters. The van der Waals surface area contributed by atoms with Crippen LogP contribution in [0.15, 0.2) is 30.8 Å². The van der Waals surface area contributed by atoms with Crippen LogP contribution in [0.1, 0.15) is 39.7 Å². The molecule has 0 bridgehead atoms. The highest BCUT2D eigenvalue weighted by Crippen LogP contribution is 2.26. The number of carbonyl (C=O) groups excluding carboxylic acids is 1. The van der Waals surface area contributed by atoms with Crippen LogP contribution in [0.3, 0.4) is 0 Å². The summed E-state index contributed by atoms with van der Waals surface area (Å²) in [5.41, 5.74) is 1.86. The molecule has 0 radical (unpaired) electrons. The largest absolute Gasteiger partial charge is 0.488 e. The average Bonchev–Trinajstić information content (AvgIpc) is 2.84. The first-order valence-electron chi connectivity index (χ1n) is 7.65. The van der Waals surface area contributed by atoms with E-state index >= 15 is 0 Å². The zero-order chi connectivity index (χ0) is 16.3. The van der Waals surface area contributed by atoms with Crippen molar-refractivity contribution in [1.82, 2.24) is 0 Å². The van der Waals surface area contributed by atoms with E-state index in [1.807, 2.05) is 32.9 Å². The molecule has 1 aromatic rings. The second-order valence-electron chi connectivity index (χ2n) is 6.65. The van der Waals surface area contributed by atoms with Crippen molar-refractivity contribution in [2.24, 2.45) is 0 Å². The number of hydrogen-bond donors (Lipinski definition) is 0. The predicted molar refractivity (Wildman–Crippen MR) is 88.7 cm³/mol. The van der Waals surface area contributed by atoms with E-state index in [0.717, 1.165) is 30.8 Å². The van der Waals surface area contributed by atoms with Gasteiger partial charge in [0.1, 0.15) is 17.5 Å². The van der Waals surface area contributed by atoms with Gasteiger partial charge >= 0.3 is 5.97 Å². The molecule has 0 aliphatic carbocycles. The van der Waals surface area contributed by atoms with Crippen molar-refractivity contribution in [3.8, 4) is 0 Å². The van der Waals surface area contributed by atoms with Crippen LogP contribution >= 0.6 is 0 Å². The van der Waals surface area contributed by atoms with Gasteiger partial charge in [-0.1, -0.05) is 6.58 Å². The molecule has 1 aliphatic heterocycles. The number of anilines is 1. The summed E-state index contributed by atoms with van der Waals surface area (Å²) < 4.78 is 11.0. The summed E-state index contributed by atoms with van der Waals surface area (Å²) in [4.78, 5) is 13.2. The van der Waals surface area contributed by atoms with E-state index in [1.54, 1.807) is 0 Å². The Morgan fingerprint density at radius 1 is 1.27 bits per heavy atom. The number of hydrogen-bond acceptors (Lipinski definition) is 4. The molecule has 4 heteroatoms. The fourth-order valence-electron chi connectivity index (χ4n) is 2.58. The Morgan fingerprint density at radius 3 is 2.45 bits per heavy atom. The lowest BCUT2D eigenvalue weighted by molar-refractivity contribution is -0.145. The maximum atomic E-state index is 11.0. The monoisotopic (exact) mass is 303 g/mol. The lowest BCUT2D eigenvalue weighted by Crippen LogP contribution is -2.24. The van der Waals surface area contributed by atoms with Crippen LogP contribution in [0.25, 0.3) is 5.76 Å². The Kier molecular flexibility index (Phi) is 4.79. The number of carbonyl (C=O) groups is 1. The molecule has 0 aromatic heterocycles. The summed E-state index contributed by atoms with van der Waals surface area (Å²) in [7, 11) is 0. The number of ether oxygens (including phenoxy) is 2. The van der Waals surface area contributed by atoms with E-state index in [2.05, 4.69) is 23.6 Å². The quantitative estimate of drug-likeness (QED) is 0.629. The van der Waals surface area contributed by atoms with E-state index in [1.165, 1.54) is 6.92 Å². The molecule has 4 nitrogen and oxygen atoms in total. The normalized spacial score (nSPS) is 18.2. The third kappa shape index (κ3) is 4.52. The van der Waals surface area contributed by atoms with Crippen LogP contribution in [0.5, 0.6) is 0 Å². The van der Waals surface area contributed by atoms with Gasteiger partial charge in [0.2, 0.25) is 0 Å². The highest BCUT2D eigenvalue weighted by atomic mass is 16.5. The Balaban J connectivity index is 1.98. The van der Waals surface area contributed by atoms with Gasteiger partial charge in [-0.25, -0.2) is 0 Å². The predicted octanol–water partition coefficient (Wildman–Crippen LogP) is 3.61. The van der Waals surface area contributed by atoms with Gasteiger partial charge in [-0.05, 0) is 45.0 Å². The van der Waals surface area contributed by atoms with Crippen molar-refractivity contribution >= 4 is 17.4 Å². The van der Waals surface area contributed by atoms with Crippen LogP contribution in [-0.2, 0) is 14.3 Å². The second-order valence-corrected chi connectivity index (χ2v) is 6.65. The number of esters is 1. The molecule has 1 heterocycles. The van der Waals surface area contributed by atoms with Crippen LogP contribution < -0.4 is 4.90 Å². The molecule has 0 saturated carbocycles. The molecule has 0 unspecified atom stereocenters. The summed E-state index contributed by atoms with van der Waals surface area (Å²) >= 11 is 0. The summed E-state index contributed by atoms with van der Waals surface area (Å²) in [6, 6.07) is 8.15. The zero-order valence-electron chi connectivity index (χ0n) is 13.9. The molecule has 1 saturated heterocycles. The van der Waals surface area contributed by atoms with Crippen molar-refractivity contribution in [3.63, 3.8) is 0 Å². The topological polar surface area (TPSA) is 38.8 Å². The Hall–Kier alpha value is -1.97. The minimum Gasteiger partial charge on any atom is -0.488 e. The van der Waals surface area contributed by atoms with E-state index in [9.17, 15) is 4.79 Å². The van der Waals surface area contributed by atoms with Crippen LogP contribution in [-0.4, -0.2) is 30.8 Å². The minimum atomic E-state index is -0.248. The van der Waals surface area contributed by atoms with Crippen molar-refractivity contribution in [3.05, 3.63) is 36.4 Å². The first-order chi connectivity index (χ1) is 10.2. The molecule has 1 aliphatic rings. The molecule has 22 heavy (non-hydrogen) atoms. The standard InChI is InChI=1S/C18H25NO3/c1-13(22-18(3,4)5)15-6-8-16(9-7-15)19-11-10-17(12-19)21-14(2)20/h6-9,17H,1,10-12H2,2-5H3/t17-/m0/s1. The molecule has 1 aromatic carbocycles. The number of nitrogens with zero attached hydrogens (tertiary/aromatic N) is 1. The first-order valence-corrected chi connectivity index (χ1v) is 7.65.